The van der Waals surface area contributed by atoms with Crippen molar-refractivity contribution in [3.63, 3.8) is 0 Å². The SMILES string of the molecule is O=C(O)CCSc1ccc(OCC2CC2)cc1[N+](=O)[O-]. The van der Waals surface area contributed by atoms with Crippen LogP contribution < -0.4 is 4.74 Å². The first-order valence-electron chi connectivity index (χ1n) is 6.32. The van der Waals surface area contributed by atoms with Gasteiger partial charge in [-0.3, -0.25) is 14.9 Å². The normalized spacial score (nSPS) is 14.0. The maximum absolute atomic E-state index is 11.0. The zero-order chi connectivity index (χ0) is 14.5. The average molecular weight is 297 g/mol. The number of hydrogen-bond acceptors (Lipinski definition) is 5. The van der Waals surface area contributed by atoms with Crippen molar-refractivity contribution in [3.05, 3.63) is 28.3 Å². The lowest BCUT2D eigenvalue weighted by Crippen LogP contribution is -2.00. The Morgan fingerprint density at radius 2 is 2.25 bits per heavy atom. The number of nitrogens with zero attached hydrogens (tertiary/aromatic N) is 1. The van der Waals surface area contributed by atoms with Crippen LogP contribution in [0.25, 0.3) is 0 Å². The van der Waals surface area contributed by atoms with Crippen molar-refractivity contribution >= 4 is 23.4 Å². The molecule has 1 aliphatic rings. The van der Waals surface area contributed by atoms with Gasteiger partial charge in [-0.2, -0.15) is 0 Å². The molecule has 0 bridgehead atoms. The van der Waals surface area contributed by atoms with E-state index in [1.165, 1.54) is 17.8 Å². The van der Waals surface area contributed by atoms with Crippen LogP contribution in [0.4, 0.5) is 5.69 Å². The molecule has 1 aliphatic carbocycles. The van der Waals surface area contributed by atoms with Gasteiger partial charge in [-0.05, 0) is 30.9 Å². The number of carboxylic acids is 1. The Morgan fingerprint density at radius 1 is 1.50 bits per heavy atom. The molecular formula is C13H15NO5S. The molecule has 0 atom stereocenters. The number of thioether (sulfide) groups is 1. The maximum Gasteiger partial charge on any atom is 0.304 e. The highest BCUT2D eigenvalue weighted by atomic mass is 32.2. The molecule has 0 saturated heterocycles. The monoisotopic (exact) mass is 297 g/mol. The fourth-order valence-electron chi connectivity index (χ4n) is 1.60. The van der Waals surface area contributed by atoms with Gasteiger partial charge in [0.05, 0.1) is 28.9 Å². The van der Waals surface area contributed by atoms with E-state index in [4.69, 9.17) is 9.84 Å². The summed E-state index contributed by atoms with van der Waals surface area (Å²) in [6.07, 6.45) is 2.29. The summed E-state index contributed by atoms with van der Waals surface area (Å²) in [6, 6.07) is 4.72. The van der Waals surface area contributed by atoms with Gasteiger partial charge in [-0.15, -0.1) is 11.8 Å². The molecule has 7 heteroatoms. The number of carbonyl (C=O) groups is 1. The molecule has 1 N–H and O–H groups in total. The second-order valence-electron chi connectivity index (χ2n) is 4.63. The van der Waals surface area contributed by atoms with Crippen molar-refractivity contribution in [3.8, 4) is 5.75 Å². The molecule has 0 aliphatic heterocycles. The van der Waals surface area contributed by atoms with Crippen LogP contribution in [0.15, 0.2) is 23.1 Å². The Labute approximate surface area is 120 Å². The molecule has 0 aromatic heterocycles. The molecule has 0 amide bonds. The van der Waals surface area contributed by atoms with Crippen molar-refractivity contribution in [2.24, 2.45) is 5.92 Å². The van der Waals surface area contributed by atoms with E-state index in [0.717, 1.165) is 12.8 Å². The number of nitro groups is 1. The van der Waals surface area contributed by atoms with Crippen LogP contribution in [0.3, 0.4) is 0 Å². The molecule has 0 radical (unpaired) electrons. The van der Waals surface area contributed by atoms with Gasteiger partial charge in [0.1, 0.15) is 5.75 Å². The summed E-state index contributed by atoms with van der Waals surface area (Å²) in [6.45, 7) is 0.600. The average Bonchev–Trinajstić information content (AvgIpc) is 3.20. The molecule has 0 unspecified atom stereocenters. The Balaban J connectivity index is 2.01. The molecule has 1 fully saturated rings. The Hall–Kier alpha value is -1.76. The van der Waals surface area contributed by atoms with Gasteiger partial charge >= 0.3 is 5.97 Å². The van der Waals surface area contributed by atoms with Gasteiger partial charge < -0.3 is 9.84 Å². The van der Waals surface area contributed by atoms with Crippen LogP contribution in [0, 0.1) is 16.0 Å². The van der Waals surface area contributed by atoms with Crippen LogP contribution in [-0.2, 0) is 4.79 Å². The highest BCUT2D eigenvalue weighted by molar-refractivity contribution is 7.99. The molecule has 0 heterocycles. The predicted molar refractivity (Wildman–Crippen MR) is 74.3 cm³/mol. The lowest BCUT2D eigenvalue weighted by Gasteiger charge is -2.07. The summed E-state index contributed by atoms with van der Waals surface area (Å²) < 4.78 is 5.51. The van der Waals surface area contributed by atoms with Crippen LogP contribution in [0.5, 0.6) is 5.75 Å². The smallest absolute Gasteiger partial charge is 0.304 e. The second kappa shape index (κ2) is 6.60. The first-order valence-corrected chi connectivity index (χ1v) is 7.30. The molecule has 20 heavy (non-hydrogen) atoms. The third-order valence-electron chi connectivity index (χ3n) is 2.88. The molecule has 6 nitrogen and oxygen atoms in total. The van der Waals surface area contributed by atoms with E-state index in [2.05, 4.69) is 0 Å². The van der Waals surface area contributed by atoms with Gasteiger partial charge in [0.25, 0.3) is 5.69 Å². The molecular weight excluding hydrogens is 282 g/mol. The van der Waals surface area contributed by atoms with Crippen molar-refractivity contribution in [2.45, 2.75) is 24.2 Å². The van der Waals surface area contributed by atoms with Crippen molar-refractivity contribution in [1.29, 1.82) is 0 Å². The van der Waals surface area contributed by atoms with Crippen molar-refractivity contribution in [2.75, 3.05) is 12.4 Å². The number of rotatable bonds is 8. The summed E-state index contributed by atoms with van der Waals surface area (Å²) in [7, 11) is 0. The highest BCUT2D eigenvalue weighted by Gasteiger charge is 2.23. The summed E-state index contributed by atoms with van der Waals surface area (Å²) in [5.41, 5.74) is -0.0336. The maximum atomic E-state index is 11.0. The molecule has 2 rings (SSSR count). The molecule has 1 saturated carbocycles. The standard InChI is InChI=1S/C13H15NO5S/c15-13(16)5-6-20-12-4-3-10(7-11(12)14(17)18)19-8-9-1-2-9/h3-4,7,9H,1-2,5-6,8H2,(H,15,16). The second-order valence-corrected chi connectivity index (χ2v) is 5.77. The van der Waals surface area contributed by atoms with E-state index < -0.39 is 10.9 Å². The minimum absolute atomic E-state index is 0.0260. The van der Waals surface area contributed by atoms with E-state index in [-0.39, 0.29) is 12.1 Å². The number of carboxylic acid groups (broad SMARTS) is 1. The lowest BCUT2D eigenvalue weighted by atomic mass is 10.3. The number of benzene rings is 1. The van der Waals surface area contributed by atoms with Gasteiger partial charge in [0, 0.05) is 5.75 Å². The third-order valence-corrected chi connectivity index (χ3v) is 3.95. The molecule has 0 spiro atoms. The first-order chi connectivity index (χ1) is 9.56. The highest BCUT2D eigenvalue weighted by Crippen LogP contribution is 2.34. The minimum atomic E-state index is -0.912. The van der Waals surface area contributed by atoms with Crippen molar-refractivity contribution < 1.29 is 19.6 Å². The number of hydrogen-bond donors (Lipinski definition) is 1. The van der Waals surface area contributed by atoms with E-state index in [1.54, 1.807) is 12.1 Å². The zero-order valence-electron chi connectivity index (χ0n) is 10.8. The summed E-state index contributed by atoms with van der Waals surface area (Å²) in [5, 5.41) is 19.6. The zero-order valence-corrected chi connectivity index (χ0v) is 11.6. The van der Waals surface area contributed by atoms with Crippen molar-refractivity contribution in [1.82, 2.24) is 0 Å². The van der Waals surface area contributed by atoms with Crippen LogP contribution in [0.1, 0.15) is 19.3 Å². The summed E-state index contributed by atoms with van der Waals surface area (Å²) in [5.74, 6) is 0.465. The van der Waals surface area contributed by atoms with Crippen LogP contribution >= 0.6 is 11.8 Å². The fourth-order valence-corrected chi connectivity index (χ4v) is 2.54. The molecule has 1 aromatic carbocycles. The molecule has 108 valence electrons. The van der Waals surface area contributed by atoms with E-state index in [1.807, 2.05) is 0 Å². The first kappa shape index (κ1) is 14.6. The number of aliphatic carboxylic acids is 1. The van der Waals surface area contributed by atoms with Gasteiger partial charge in [-0.1, -0.05) is 0 Å². The Kier molecular flexibility index (Phi) is 4.84. The lowest BCUT2D eigenvalue weighted by molar-refractivity contribution is -0.387. The largest absolute Gasteiger partial charge is 0.493 e. The van der Waals surface area contributed by atoms with E-state index in [9.17, 15) is 14.9 Å². The molecule has 1 aromatic rings. The Bertz CT molecular complexity index is 515. The number of nitro benzene ring substituents is 1. The number of ether oxygens (including phenoxy) is 1. The fraction of sp³-hybridized carbons (Fsp3) is 0.462. The minimum Gasteiger partial charge on any atom is -0.493 e. The van der Waals surface area contributed by atoms with E-state index >= 15 is 0 Å². The van der Waals surface area contributed by atoms with Crippen LogP contribution in [-0.4, -0.2) is 28.4 Å². The van der Waals surface area contributed by atoms with Gasteiger partial charge in [-0.25, -0.2) is 0 Å². The quantitative estimate of drug-likeness (QED) is 0.451. The van der Waals surface area contributed by atoms with Gasteiger partial charge in [0.15, 0.2) is 0 Å². The van der Waals surface area contributed by atoms with Gasteiger partial charge in [0.2, 0.25) is 0 Å². The predicted octanol–water partition coefficient (Wildman–Crippen LogP) is 2.95. The van der Waals surface area contributed by atoms with Crippen LogP contribution in [0.2, 0.25) is 0 Å². The Morgan fingerprint density at radius 3 is 2.85 bits per heavy atom. The summed E-state index contributed by atoms with van der Waals surface area (Å²) in [4.78, 5) is 21.5. The topological polar surface area (TPSA) is 89.7 Å². The van der Waals surface area contributed by atoms with E-state index in [0.29, 0.717) is 28.9 Å². The third kappa shape index (κ3) is 4.41. The summed E-state index contributed by atoms with van der Waals surface area (Å²) >= 11 is 1.17.